The van der Waals surface area contributed by atoms with E-state index in [1.54, 1.807) is 23.6 Å². The van der Waals surface area contributed by atoms with Crippen molar-refractivity contribution in [1.82, 2.24) is 9.88 Å². The number of anilines is 1. The van der Waals surface area contributed by atoms with Crippen molar-refractivity contribution in [2.45, 2.75) is 19.4 Å². The lowest BCUT2D eigenvalue weighted by atomic mass is 9.97. The van der Waals surface area contributed by atoms with Gasteiger partial charge in [-0.2, -0.15) is 0 Å². The number of thiazole rings is 1. The maximum Gasteiger partial charge on any atom is 0.275 e. The Morgan fingerprint density at radius 2 is 1.97 bits per heavy atom. The van der Waals surface area contributed by atoms with Gasteiger partial charge < -0.3 is 11.1 Å². The second-order valence-electron chi connectivity index (χ2n) is 7.61. The number of primary amides is 1. The van der Waals surface area contributed by atoms with Gasteiger partial charge in [0.25, 0.3) is 5.91 Å². The van der Waals surface area contributed by atoms with Crippen molar-refractivity contribution < 1.29 is 14.0 Å². The first-order valence-electron chi connectivity index (χ1n) is 10.1. The molecule has 31 heavy (non-hydrogen) atoms. The van der Waals surface area contributed by atoms with Gasteiger partial charge >= 0.3 is 0 Å². The van der Waals surface area contributed by atoms with Crippen molar-refractivity contribution in [1.29, 1.82) is 0 Å². The molecule has 6 nitrogen and oxygen atoms in total. The van der Waals surface area contributed by atoms with E-state index in [4.69, 9.17) is 5.73 Å². The van der Waals surface area contributed by atoms with Crippen LogP contribution in [0.4, 0.5) is 10.1 Å². The summed E-state index contributed by atoms with van der Waals surface area (Å²) in [6.45, 7) is 2.11. The lowest BCUT2D eigenvalue weighted by Gasteiger charge is -2.31. The van der Waals surface area contributed by atoms with Gasteiger partial charge in [-0.25, -0.2) is 9.37 Å². The molecule has 2 aromatic carbocycles. The molecular weight excluding hydrogens is 415 g/mol. The number of benzene rings is 2. The highest BCUT2D eigenvalue weighted by Gasteiger charge is 2.24. The van der Waals surface area contributed by atoms with Crippen LogP contribution in [0.5, 0.6) is 0 Å². The lowest BCUT2D eigenvalue weighted by Crippen LogP contribution is -2.40. The number of likely N-dealkylation sites (tertiary alicyclic amines) is 1. The van der Waals surface area contributed by atoms with E-state index < -0.39 is 0 Å². The summed E-state index contributed by atoms with van der Waals surface area (Å²) in [6, 6.07) is 13.9. The number of hydrogen-bond donors (Lipinski definition) is 2. The monoisotopic (exact) mass is 438 g/mol. The molecule has 0 bridgehead atoms. The molecule has 8 heteroatoms. The number of amides is 2. The number of nitrogens with one attached hydrogen (secondary N) is 1. The molecule has 0 aliphatic carbocycles. The van der Waals surface area contributed by atoms with Gasteiger partial charge in [-0.05, 0) is 43.1 Å². The molecule has 1 aromatic heterocycles. The molecule has 1 atom stereocenters. The average molecular weight is 439 g/mol. The number of para-hydroxylation sites is 1. The molecule has 0 saturated carbocycles. The summed E-state index contributed by atoms with van der Waals surface area (Å²) in [7, 11) is 0. The normalized spacial score (nSPS) is 16.7. The van der Waals surface area contributed by atoms with Crippen LogP contribution in [0.1, 0.15) is 28.9 Å². The topological polar surface area (TPSA) is 88.3 Å². The van der Waals surface area contributed by atoms with E-state index in [-0.39, 0.29) is 29.2 Å². The van der Waals surface area contributed by atoms with Gasteiger partial charge in [0.15, 0.2) is 0 Å². The zero-order valence-electron chi connectivity index (χ0n) is 16.9. The van der Waals surface area contributed by atoms with Gasteiger partial charge in [-0.3, -0.25) is 14.5 Å². The Morgan fingerprint density at radius 1 is 1.19 bits per heavy atom. The highest BCUT2D eigenvalue weighted by atomic mass is 32.1. The Kier molecular flexibility index (Phi) is 6.39. The highest BCUT2D eigenvalue weighted by Crippen LogP contribution is 2.27. The lowest BCUT2D eigenvalue weighted by molar-refractivity contribution is -0.123. The smallest absolute Gasteiger partial charge is 0.275 e. The van der Waals surface area contributed by atoms with Crippen LogP contribution >= 0.6 is 11.3 Å². The van der Waals surface area contributed by atoms with Gasteiger partial charge in [-0.1, -0.05) is 30.3 Å². The minimum Gasteiger partial charge on any atom is -0.369 e. The van der Waals surface area contributed by atoms with Crippen LogP contribution in [0.2, 0.25) is 0 Å². The first-order chi connectivity index (χ1) is 15.0. The van der Waals surface area contributed by atoms with Gasteiger partial charge in [-0.15, -0.1) is 11.3 Å². The molecule has 1 unspecified atom stereocenters. The Morgan fingerprint density at radius 3 is 2.77 bits per heavy atom. The van der Waals surface area contributed by atoms with E-state index >= 15 is 0 Å². The Labute approximate surface area is 183 Å². The number of nitrogens with two attached hydrogens (primary N) is 1. The van der Waals surface area contributed by atoms with Gasteiger partial charge in [0.05, 0.1) is 5.92 Å². The minimum absolute atomic E-state index is 0.137. The molecular formula is C23H23FN4O2S. The summed E-state index contributed by atoms with van der Waals surface area (Å²) in [4.78, 5) is 30.9. The summed E-state index contributed by atoms with van der Waals surface area (Å²) in [5.74, 6) is -1.12. The van der Waals surface area contributed by atoms with Crippen molar-refractivity contribution in [2.24, 2.45) is 11.7 Å². The van der Waals surface area contributed by atoms with E-state index in [1.807, 2.05) is 24.3 Å². The highest BCUT2D eigenvalue weighted by molar-refractivity contribution is 7.13. The maximum absolute atomic E-state index is 14.0. The van der Waals surface area contributed by atoms with Crippen LogP contribution in [0.15, 0.2) is 53.9 Å². The van der Waals surface area contributed by atoms with Gasteiger partial charge in [0, 0.05) is 29.7 Å². The molecule has 1 fully saturated rings. The number of nitrogens with zero attached hydrogens (tertiary/aromatic N) is 2. The zero-order chi connectivity index (χ0) is 21.8. The largest absolute Gasteiger partial charge is 0.369 e. The fourth-order valence-electron chi connectivity index (χ4n) is 3.78. The van der Waals surface area contributed by atoms with Crippen molar-refractivity contribution in [3.8, 4) is 10.6 Å². The first kappa shape index (κ1) is 21.1. The number of rotatable bonds is 6. The number of carbonyl (C=O) groups excluding carboxylic acids is 2. The Hall–Kier alpha value is -3.10. The van der Waals surface area contributed by atoms with Gasteiger partial charge in [0.2, 0.25) is 5.91 Å². The molecule has 160 valence electrons. The summed E-state index contributed by atoms with van der Waals surface area (Å²) in [6.07, 6.45) is 1.73. The van der Waals surface area contributed by atoms with Crippen molar-refractivity contribution in [2.75, 3.05) is 18.4 Å². The van der Waals surface area contributed by atoms with Crippen LogP contribution in [0.25, 0.3) is 10.6 Å². The maximum atomic E-state index is 14.0. The number of aromatic nitrogens is 1. The standard InChI is InChI=1S/C23H23FN4O2S/c24-18-9-3-2-8-17(18)23-27-20(14-31-23)22(30)26-19-10-4-1-6-15(19)12-28-11-5-7-16(13-28)21(25)29/h1-4,6,8-10,14,16H,5,7,11-13H2,(H2,25,29)(H,26,30). The van der Waals surface area contributed by atoms with E-state index in [1.165, 1.54) is 17.4 Å². The van der Waals surface area contributed by atoms with Crippen LogP contribution in [-0.4, -0.2) is 34.8 Å². The Balaban J connectivity index is 1.47. The van der Waals surface area contributed by atoms with Crippen LogP contribution in [0.3, 0.4) is 0 Å². The fourth-order valence-corrected chi connectivity index (χ4v) is 4.60. The van der Waals surface area contributed by atoms with Crippen molar-refractivity contribution in [3.63, 3.8) is 0 Å². The molecule has 4 rings (SSSR count). The predicted molar refractivity (Wildman–Crippen MR) is 119 cm³/mol. The molecule has 3 aromatic rings. The Bertz CT molecular complexity index is 1100. The molecule has 0 spiro atoms. The summed E-state index contributed by atoms with van der Waals surface area (Å²) < 4.78 is 14.0. The molecule has 2 amide bonds. The molecule has 3 N–H and O–H groups in total. The third-order valence-electron chi connectivity index (χ3n) is 5.41. The van der Waals surface area contributed by atoms with Crippen LogP contribution in [-0.2, 0) is 11.3 Å². The quantitative estimate of drug-likeness (QED) is 0.611. The molecule has 1 aliphatic rings. The summed E-state index contributed by atoms with van der Waals surface area (Å²) in [5, 5.41) is 5.01. The fraction of sp³-hybridized carbons (Fsp3) is 0.261. The molecule has 1 saturated heterocycles. The number of halogens is 1. The van der Waals surface area contributed by atoms with E-state index in [0.29, 0.717) is 29.3 Å². The molecule has 2 heterocycles. The summed E-state index contributed by atoms with van der Waals surface area (Å²) >= 11 is 1.23. The van der Waals surface area contributed by atoms with Crippen LogP contribution in [0, 0.1) is 11.7 Å². The van der Waals surface area contributed by atoms with Crippen LogP contribution < -0.4 is 11.1 Å². The predicted octanol–water partition coefficient (Wildman–Crippen LogP) is 3.90. The van der Waals surface area contributed by atoms with Crippen molar-refractivity contribution in [3.05, 3.63) is 71.0 Å². The molecule has 1 aliphatic heterocycles. The van der Waals surface area contributed by atoms with Crippen molar-refractivity contribution >= 4 is 28.8 Å². The third kappa shape index (κ3) is 4.98. The number of hydrogen-bond acceptors (Lipinski definition) is 5. The van der Waals surface area contributed by atoms with Gasteiger partial charge in [0.1, 0.15) is 16.5 Å². The summed E-state index contributed by atoms with van der Waals surface area (Å²) in [5.41, 5.74) is 7.74. The van der Waals surface area contributed by atoms with E-state index in [9.17, 15) is 14.0 Å². The number of carbonyl (C=O) groups is 2. The minimum atomic E-state index is -0.370. The van der Waals surface area contributed by atoms with E-state index in [2.05, 4.69) is 15.2 Å². The first-order valence-corrected chi connectivity index (χ1v) is 11.0. The van der Waals surface area contributed by atoms with E-state index in [0.717, 1.165) is 24.9 Å². The second-order valence-corrected chi connectivity index (χ2v) is 8.46. The third-order valence-corrected chi connectivity index (χ3v) is 6.28. The molecule has 0 radical (unpaired) electrons. The average Bonchev–Trinajstić information content (AvgIpc) is 3.26. The zero-order valence-corrected chi connectivity index (χ0v) is 17.7. The second kappa shape index (κ2) is 9.36. The number of piperidine rings is 1. The SMILES string of the molecule is NC(=O)C1CCCN(Cc2ccccc2NC(=O)c2csc(-c3ccccc3F)n2)C1.